The minimum absolute atomic E-state index is 0.103. The molecular weight excluding hydrogens is 256 g/mol. The predicted octanol–water partition coefficient (Wildman–Crippen LogP) is 4.77. The summed E-state index contributed by atoms with van der Waals surface area (Å²) in [7, 11) is 0. The van der Waals surface area contributed by atoms with Crippen LogP contribution in [0.5, 0.6) is 0 Å². The first-order valence-corrected chi connectivity index (χ1v) is 6.79. The molecule has 0 aliphatic carbocycles. The van der Waals surface area contributed by atoms with Gasteiger partial charge in [0, 0.05) is 12.0 Å². The van der Waals surface area contributed by atoms with Crippen molar-refractivity contribution in [1.82, 2.24) is 0 Å². The van der Waals surface area contributed by atoms with E-state index >= 15 is 0 Å². The minimum atomic E-state index is 0.103. The molecule has 98 valence electrons. The van der Waals surface area contributed by atoms with Crippen LogP contribution in [0.1, 0.15) is 33.5 Å². The van der Waals surface area contributed by atoms with Gasteiger partial charge >= 0.3 is 0 Å². The first-order valence-electron chi connectivity index (χ1n) is 6.42. The van der Waals surface area contributed by atoms with E-state index in [1.807, 2.05) is 12.1 Å². The molecule has 2 heteroatoms. The van der Waals surface area contributed by atoms with Crippen LogP contribution in [0.2, 0.25) is 5.02 Å². The van der Waals surface area contributed by atoms with Crippen molar-refractivity contribution >= 4 is 17.4 Å². The molecule has 0 heterocycles. The van der Waals surface area contributed by atoms with Crippen LogP contribution in [-0.4, -0.2) is 5.78 Å². The second-order valence-corrected chi connectivity index (χ2v) is 5.24. The van der Waals surface area contributed by atoms with Gasteiger partial charge in [-0.1, -0.05) is 47.5 Å². The average molecular weight is 273 g/mol. The normalized spacial score (nSPS) is 10.5. The van der Waals surface area contributed by atoms with Gasteiger partial charge in [0.1, 0.15) is 0 Å². The Bertz CT molecular complexity index is 602. The van der Waals surface area contributed by atoms with E-state index in [2.05, 4.69) is 32.0 Å². The Kier molecular flexibility index (Phi) is 4.39. The van der Waals surface area contributed by atoms with E-state index in [9.17, 15) is 4.79 Å². The lowest BCUT2D eigenvalue weighted by molar-refractivity contribution is 0.0983. The van der Waals surface area contributed by atoms with Gasteiger partial charge in [0.2, 0.25) is 0 Å². The zero-order chi connectivity index (χ0) is 13.8. The van der Waals surface area contributed by atoms with Crippen LogP contribution in [0.25, 0.3) is 0 Å². The molecule has 0 fully saturated rings. The monoisotopic (exact) mass is 272 g/mol. The van der Waals surface area contributed by atoms with Crippen molar-refractivity contribution in [2.45, 2.75) is 26.7 Å². The summed E-state index contributed by atoms with van der Waals surface area (Å²) in [5, 5.41) is 0.536. The van der Waals surface area contributed by atoms with Crippen LogP contribution < -0.4 is 0 Å². The minimum Gasteiger partial charge on any atom is -0.294 e. The van der Waals surface area contributed by atoms with Crippen molar-refractivity contribution in [3.05, 3.63) is 69.7 Å². The quantitative estimate of drug-likeness (QED) is 0.733. The maximum Gasteiger partial charge on any atom is 0.164 e. The number of ketones is 1. The highest BCUT2D eigenvalue weighted by molar-refractivity contribution is 6.33. The summed E-state index contributed by atoms with van der Waals surface area (Å²) >= 11 is 6.04. The number of Topliss-reactive ketones (excluding diaryl/α,β-unsaturated/α-hetero) is 1. The van der Waals surface area contributed by atoms with Crippen LogP contribution in [0.3, 0.4) is 0 Å². The maximum absolute atomic E-state index is 12.2. The molecular formula is C17H17ClO. The molecule has 2 aromatic carbocycles. The largest absolute Gasteiger partial charge is 0.294 e. The number of benzene rings is 2. The number of hydrogen-bond acceptors (Lipinski definition) is 1. The van der Waals surface area contributed by atoms with E-state index in [4.69, 9.17) is 11.6 Å². The van der Waals surface area contributed by atoms with Gasteiger partial charge in [0.05, 0.1) is 5.02 Å². The number of aryl methyl sites for hydroxylation is 3. The predicted molar refractivity (Wildman–Crippen MR) is 80.0 cm³/mol. The lowest BCUT2D eigenvalue weighted by atomic mass is 9.98. The summed E-state index contributed by atoms with van der Waals surface area (Å²) in [4.78, 5) is 12.2. The Hall–Kier alpha value is -1.60. The molecule has 0 unspecified atom stereocenters. The van der Waals surface area contributed by atoms with Gasteiger partial charge < -0.3 is 0 Å². The molecule has 1 nitrogen and oxygen atoms in total. The van der Waals surface area contributed by atoms with E-state index in [1.165, 1.54) is 16.7 Å². The molecule has 0 radical (unpaired) electrons. The SMILES string of the molecule is Cc1ccc(C)c(CCC(=O)c2ccccc2Cl)c1. The lowest BCUT2D eigenvalue weighted by Gasteiger charge is -2.07. The zero-order valence-electron chi connectivity index (χ0n) is 11.2. The standard InChI is InChI=1S/C17H17ClO/c1-12-7-8-13(2)14(11-12)9-10-17(19)15-5-3-4-6-16(15)18/h3-8,11H,9-10H2,1-2H3. The fourth-order valence-corrected chi connectivity index (χ4v) is 2.38. The van der Waals surface area contributed by atoms with Gasteiger partial charge in [-0.15, -0.1) is 0 Å². The molecule has 19 heavy (non-hydrogen) atoms. The molecule has 0 amide bonds. The van der Waals surface area contributed by atoms with Crippen LogP contribution in [-0.2, 0) is 6.42 Å². The maximum atomic E-state index is 12.2. The second-order valence-electron chi connectivity index (χ2n) is 4.83. The second kappa shape index (κ2) is 6.03. The van der Waals surface area contributed by atoms with Gasteiger partial charge in [-0.25, -0.2) is 0 Å². The van der Waals surface area contributed by atoms with E-state index in [-0.39, 0.29) is 5.78 Å². The zero-order valence-corrected chi connectivity index (χ0v) is 12.0. The van der Waals surface area contributed by atoms with E-state index in [0.29, 0.717) is 17.0 Å². The van der Waals surface area contributed by atoms with Crippen LogP contribution >= 0.6 is 11.6 Å². The molecule has 0 atom stereocenters. The van der Waals surface area contributed by atoms with Crippen molar-refractivity contribution in [1.29, 1.82) is 0 Å². The lowest BCUT2D eigenvalue weighted by Crippen LogP contribution is -2.03. The third-order valence-electron chi connectivity index (χ3n) is 3.30. The molecule has 0 saturated heterocycles. The molecule has 2 rings (SSSR count). The van der Waals surface area contributed by atoms with Gasteiger partial charge in [0.15, 0.2) is 5.78 Å². The summed E-state index contributed by atoms with van der Waals surface area (Å²) in [6.07, 6.45) is 1.26. The molecule has 2 aromatic rings. The first-order chi connectivity index (χ1) is 9.08. The van der Waals surface area contributed by atoms with E-state index in [1.54, 1.807) is 12.1 Å². The van der Waals surface area contributed by atoms with E-state index in [0.717, 1.165) is 6.42 Å². The third kappa shape index (κ3) is 3.45. The van der Waals surface area contributed by atoms with Crippen molar-refractivity contribution in [2.24, 2.45) is 0 Å². The molecule has 0 aromatic heterocycles. The average Bonchev–Trinajstić information content (AvgIpc) is 2.40. The van der Waals surface area contributed by atoms with Crippen molar-refractivity contribution in [2.75, 3.05) is 0 Å². The fourth-order valence-electron chi connectivity index (χ4n) is 2.14. The summed E-state index contributed by atoms with van der Waals surface area (Å²) in [6.45, 7) is 4.15. The smallest absolute Gasteiger partial charge is 0.164 e. The highest BCUT2D eigenvalue weighted by Crippen LogP contribution is 2.19. The molecule has 0 aliphatic heterocycles. The van der Waals surface area contributed by atoms with Crippen LogP contribution in [0, 0.1) is 13.8 Å². The molecule has 0 N–H and O–H groups in total. The number of hydrogen-bond donors (Lipinski definition) is 0. The molecule has 0 bridgehead atoms. The number of rotatable bonds is 4. The Morgan fingerprint density at radius 3 is 2.58 bits per heavy atom. The number of carbonyl (C=O) groups excluding carboxylic acids is 1. The first kappa shape index (κ1) is 13.8. The van der Waals surface area contributed by atoms with Gasteiger partial charge in [-0.3, -0.25) is 4.79 Å². The van der Waals surface area contributed by atoms with Gasteiger partial charge in [0.25, 0.3) is 0 Å². The third-order valence-corrected chi connectivity index (χ3v) is 3.63. The van der Waals surface area contributed by atoms with Crippen molar-refractivity contribution in [3.63, 3.8) is 0 Å². The van der Waals surface area contributed by atoms with Gasteiger partial charge in [-0.05, 0) is 43.5 Å². The molecule has 0 saturated carbocycles. The highest BCUT2D eigenvalue weighted by atomic mass is 35.5. The summed E-state index contributed by atoms with van der Waals surface area (Å²) in [6, 6.07) is 13.6. The summed E-state index contributed by atoms with van der Waals surface area (Å²) in [5.74, 6) is 0.103. The summed E-state index contributed by atoms with van der Waals surface area (Å²) in [5.41, 5.74) is 4.32. The molecule has 0 spiro atoms. The number of carbonyl (C=O) groups is 1. The Balaban J connectivity index is 2.09. The fraction of sp³-hybridized carbons (Fsp3) is 0.235. The Morgan fingerprint density at radius 1 is 1.11 bits per heavy atom. The van der Waals surface area contributed by atoms with Crippen molar-refractivity contribution in [3.8, 4) is 0 Å². The van der Waals surface area contributed by atoms with Crippen LogP contribution in [0.15, 0.2) is 42.5 Å². The molecule has 0 aliphatic rings. The Morgan fingerprint density at radius 2 is 1.84 bits per heavy atom. The number of halogens is 1. The highest BCUT2D eigenvalue weighted by Gasteiger charge is 2.10. The topological polar surface area (TPSA) is 17.1 Å². The summed E-state index contributed by atoms with van der Waals surface area (Å²) < 4.78 is 0. The van der Waals surface area contributed by atoms with Crippen molar-refractivity contribution < 1.29 is 4.79 Å². The van der Waals surface area contributed by atoms with Crippen LogP contribution in [0.4, 0.5) is 0 Å². The Labute approximate surface area is 119 Å². The van der Waals surface area contributed by atoms with E-state index < -0.39 is 0 Å². The van der Waals surface area contributed by atoms with Gasteiger partial charge in [-0.2, -0.15) is 0 Å².